The van der Waals surface area contributed by atoms with Crippen LogP contribution in [0, 0.1) is 0 Å². The molecule has 1 aromatic carbocycles. The second-order valence-electron chi connectivity index (χ2n) is 4.25. The van der Waals surface area contributed by atoms with Crippen LogP contribution in [0.15, 0.2) is 24.3 Å². The number of ether oxygens (including phenoxy) is 1. The zero-order valence-electron chi connectivity index (χ0n) is 10.3. The van der Waals surface area contributed by atoms with Gasteiger partial charge in [0.1, 0.15) is 6.61 Å². The Morgan fingerprint density at radius 2 is 1.88 bits per heavy atom. The Hall–Kier alpha value is -1.15. The van der Waals surface area contributed by atoms with E-state index in [1.807, 2.05) is 19.1 Å². The van der Waals surface area contributed by atoms with Crippen LogP contribution in [0.25, 0.3) is 0 Å². The zero-order valence-corrected chi connectivity index (χ0v) is 10.3. The fourth-order valence-corrected chi connectivity index (χ4v) is 1.51. The van der Waals surface area contributed by atoms with E-state index in [9.17, 15) is 4.79 Å². The fourth-order valence-electron chi connectivity index (χ4n) is 1.51. The summed E-state index contributed by atoms with van der Waals surface area (Å²) in [5.41, 5.74) is 2.37. The van der Waals surface area contributed by atoms with Crippen molar-refractivity contribution in [1.82, 2.24) is 0 Å². The highest BCUT2D eigenvalue weighted by Gasteiger charge is 2.04. The minimum Gasteiger partial charge on any atom is -0.374 e. The lowest BCUT2D eigenvalue weighted by Gasteiger charge is -2.06. The van der Waals surface area contributed by atoms with Crippen molar-refractivity contribution in [2.45, 2.75) is 33.1 Å². The number of hydrogen-bond donors (Lipinski definition) is 0. The number of ketones is 1. The van der Waals surface area contributed by atoms with Crippen molar-refractivity contribution in [2.24, 2.45) is 0 Å². The normalized spacial score (nSPS) is 10.8. The highest BCUT2D eigenvalue weighted by atomic mass is 16.5. The molecule has 0 N–H and O–H groups in total. The number of hydrogen-bond acceptors (Lipinski definition) is 2. The van der Waals surface area contributed by atoms with Crippen LogP contribution in [0.2, 0.25) is 0 Å². The molecule has 1 aromatic rings. The molecule has 0 radical (unpaired) electrons. The lowest BCUT2D eigenvalue weighted by Crippen LogP contribution is -2.11. The van der Waals surface area contributed by atoms with Crippen molar-refractivity contribution in [3.63, 3.8) is 0 Å². The molecule has 0 atom stereocenters. The lowest BCUT2D eigenvalue weighted by molar-refractivity contribution is -0.122. The Morgan fingerprint density at radius 3 is 2.38 bits per heavy atom. The van der Waals surface area contributed by atoms with Gasteiger partial charge in [-0.05, 0) is 24.0 Å². The molecule has 1 rings (SSSR count). The molecule has 0 amide bonds. The van der Waals surface area contributed by atoms with E-state index in [-0.39, 0.29) is 12.4 Å². The molecule has 0 bridgehead atoms. The van der Waals surface area contributed by atoms with Gasteiger partial charge in [0.2, 0.25) is 0 Å². The molecule has 2 heteroatoms. The maximum Gasteiger partial charge on any atom is 0.162 e. The van der Waals surface area contributed by atoms with Gasteiger partial charge in [0.05, 0.1) is 0 Å². The summed E-state index contributed by atoms with van der Waals surface area (Å²) in [6.07, 6.45) is 0.471. The van der Waals surface area contributed by atoms with E-state index < -0.39 is 0 Å². The van der Waals surface area contributed by atoms with E-state index in [2.05, 4.69) is 26.0 Å². The van der Waals surface area contributed by atoms with E-state index in [1.54, 1.807) is 0 Å². The maximum absolute atomic E-state index is 11.5. The van der Waals surface area contributed by atoms with Gasteiger partial charge in [0, 0.05) is 13.0 Å². The second-order valence-corrected chi connectivity index (χ2v) is 4.25. The van der Waals surface area contributed by atoms with Gasteiger partial charge in [0.25, 0.3) is 0 Å². The SMILES string of the molecule is CCOCC(=O)Cc1ccc(C(C)C)cc1. The Labute approximate surface area is 97.6 Å². The molecular formula is C14H20O2. The Bertz CT molecular complexity index is 325. The minimum atomic E-state index is 0.138. The number of carbonyl (C=O) groups is 1. The lowest BCUT2D eigenvalue weighted by atomic mass is 10.0. The van der Waals surface area contributed by atoms with Crippen molar-refractivity contribution >= 4 is 5.78 Å². The second kappa shape index (κ2) is 6.44. The average molecular weight is 220 g/mol. The predicted octanol–water partition coefficient (Wildman–Crippen LogP) is 2.96. The topological polar surface area (TPSA) is 26.3 Å². The van der Waals surface area contributed by atoms with Crippen molar-refractivity contribution in [3.05, 3.63) is 35.4 Å². The molecule has 0 saturated carbocycles. The summed E-state index contributed by atoms with van der Waals surface area (Å²) in [5.74, 6) is 0.673. The molecular weight excluding hydrogens is 200 g/mol. The summed E-state index contributed by atoms with van der Waals surface area (Å²) >= 11 is 0. The van der Waals surface area contributed by atoms with Gasteiger partial charge in [-0.2, -0.15) is 0 Å². The average Bonchev–Trinajstić information content (AvgIpc) is 2.27. The quantitative estimate of drug-likeness (QED) is 0.736. The molecule has 88 valence electrons. The summed E-state index contributed by atoms with van der Waals surface area (Å²) in [6.45, 7) is 7.04. The van der Waals surface area contributed by atoms with Crippen molar-refractivity contribution < 1.29 is 9.53 Å². The summed E-state index contributed by atoms with van der Waals surface area (Å²) in [7, 11) is 0. The van der Waals surface area contributed by atoms with Crippen LogP contribution in [-0.2, 0) is 16.0 Å². The molecule has 0 aromatic heterocycles. The number of rotatable bonds is 6. The monoisotopic (exact) mass is 220 g/mol. The van der Waals surface area contributed by atoms with Gasteiger partial charge in [-0.25, -0.2) is 0 Å². The highest BCUT2D eigenvalue weighted by molar-refractivity contribution is 5.82. The first kappa shape index (κ1) is 12.9. The van der Waals surface area contributed by atoms with Gasteiger partial charge in [-0.3, -0.25) is 4.79 Å². The molecule has 0 aliphatic rings. The third kappa shape index (κ3) is 4.15. The van der Waals surface area contributed by atoms with E-state index in [1.165, 1.54) is 5.56 Å². The van der Waals surface area contributed by atoms with E-state index >= 15 is 0 Å². The summed E-state index contributed by atoms with van der Waals surface area (Å²) in [5, 5.41) is 0. The number of Topliss-reactive ketones (excluding diaryl/α,β-unsaturated/α-hetero) is 1. The minimum absolute atomic E-state index is 0.138. The molecule has 0 spiro atoms. The highest BCUT2D eigenvalue weighted by Crippen LogP contribution is 2.14. The summed E-state index contributed by atoms with van der Waals surface area (Å²) in [4.78, 5) is 11.5. The molecule has 2 nitrogen and oxygen atoms in total. The summed E-state index contributed by atoms with van der Waals surface area (Å²) < 4.78 is 5.08. The Morgan fingerprint density at radius 1 is 1.25 bits per heavy atom. The van der Waals surface area contributed by atoms with E-state index in [0.717, 1.165) is 5.56 Å². The first-order valence-electron chi connectivity index (χ1n) is 5.81. The van der Waals surface area contributed by atoms with E-state index in [4.69, 9.17) is 4.74 Å². The molecule has 0 saturated heterocycles. The van der Waals surface area contributed by atoms with Crippen molar-refractivity contribution in [1.29, 1.82) is 0 Å². The molecule has 16 heavy (non-hydrogen) atoms. The van der Waals surface area contributed by atoms with Crippen LogP contribution >= 0.6 is 0 Å². The molecule has 0 fully saturated rings. The van der Waals surface area contributed by atoms with Gasteiger partial charge in [0.15, 0.2) is 5.78 Å². The third-order valence-corrected chi connectivity index (χ3v) is 2.51. The number of carbonyl (C=O) groups excluding carboxylic acids is 1. The zero-order chi connectivity index (χ0) is 12.0. The molecule has 0 aliphatic heterocycles. The van der Waals surface area contributed by atoms with E-state index in [0.29, 0.717) is 18.9 Å². The van der Waals surface area contributed by atoms with Crippen LogP contribution < -0.4 is 0 Å². The fraction of sp³-hybridized carbons (Fsp3) is 0.500. The van der Waals surface area contributed by atoms with Crippen LogP contribution in [0.5, 0.6) is 0 Å². The van der Waals surface area contributed by atoms with Crippen LogP contribution in [-0.4, -0.2) is 19.0 Å². The van der Waals surface area contributed by atoms with Gasteiger partial charge < -0.3 is 4.74 Å². The van der Waals surface area contributed by atoms with Crippen LogP contribution in [0.1, 0.15) is 37.8 Å². The van der Waals surface area contributed by atoms with Gasteiger partial charge in [-0.1, -0.05) is 38.1 Å². The number of benzene rings is 1. The maximum atomic E-state index is 11.5. The molecule has 0 aliphatic carbocycles. The smallest absolute Gasteiger partial charge is 0.162 e. The molecule has 0 heterocycles. The summed E-state index contributed by atoms with van der Waals surface area (Å²) in [6, 6.07) is 8.24. The van der Waals surface area contributed by atoms with Crippen molar-refractivity contribution in [3.8, 4) is 0 Å². The Kier molecular flexibility index (Phi) is 5.20. The van der Waals surface area contributed by atoms with Gasteiger partial charge in [-0.15, -0.1) is 0 Å². The predicted molar refractivity (Wildman–Crippen MR) is 65.7 cm³/mol. The van der Waals surface area contributed by atoms with Crippen LogP contribution in [0.4, 0.5) is 0 Å². The molecule has 0 unspecified atom stereocenters. The van der Waals surface area contributed by atoms with Crippen molar-refractivity contribution in [2.75, 3.05) is 13.2 Å². The first-order valence-corrected chi connectivity index (χ1v) is 5.81. The first-order chi connectivity index (χ1) is 7.63. The van der Waals surface area contributed by atoms with Crippen LogP contribution in [0.3, 0.4) is 0 Å². The third-order valence-electron chi connectivity index (χ3n) is 2.51. The van der Waals surface area contributed by atoms with Gasteiger partial charge >= 0.3 is 0 Å². The largest absolute Gasteiger partial charge is 0.374 e. The Balaban J connectivity index is 2.51. The standard InChI is InChI=1S/C14H20O2/c1-4-16-10-14(15)9-12-5-7-13(8-6-12)11(2)3/h5-8,11H,4,9-10H2,1-3H3.